The first-order valence-corrected chi connectivity index (χ1v) is 14.0. The van der Waals surface area contributed by atoms with Crippen LogP contribution in [-0.2, 0) is 19.1 Å². The van der Waals surface area contributed by atoms with Gasteiger partial charge in [-0.05, 0) is 44.0 Å². The van der Waals surface area contributed by atoms with Crippen LogP contribution in [0.5, 0.6) is 5.75 Å². The average Bonchev–Trinajstić information content (AvgIpc) is 3.57. The first kappa shape index (κ1) is 25.1. The predicted molar refractivity (Wildman–Crippen MR) is 149 cm³/mol. The van der Waals surface area contributed by atoms with E-state index in [9.17, 15) is 14.9 Å². The molecule has 0 aliphatic carbocycles. The van der Waals surface area contributed by atoms with Crippen molar-refractivity contribution in [2.45, 2.75) is 37.4 Å². The molecule has 4 heterocycles. The zero-order chi connectivity index (χ0) is 27.5. The predicted octanol–water partition coefficient (Wildman–Crippen LogP) is 4.44. The standard InChI is InChI=1S/C32H31N3O5/c1-31-11-12-32(40-31,13-16-39-23-6-4-5-22(19-23)34-14-17-38-18-15-34)28-27(31)29(36)35(30(28)37)26-10-9-21(20-33)24-7-2-3-8-25(24)26/h2-10,19,27-28H,11-18H2,1H3. The van der Waals surface area contributed by atoms with E-state index in [4.69, 9.17) is 14.2 Å². The number of hydrogen-bond acceptors (Lipinski definition) is 7. The van der Waals surface area contributed by atoms with Gasteiger partial charge in [0.1, 0.15) is 5.75 Å². The molecule has 4 unspecified atom stereocenters. The van der Waals surface area contributed by atoms with Crippen LogP contribution in [-0.4, -0.2) is 55.9 Å². The van der Waals surface area contributed by atoms with Crippen LogP contribution in [0.15, 0.2) is 60.7 Å². The molecule has 2 amide bonds. The number of imide groups is 1. The van der Waals surface area contributed by atoms with E-state index in [-0.39, 0.29) is 11.8 Å². The van der Waals surface area contributed by atoms with Gasteiger partial charge in [-0.2, -0.15) is 5.26 Å². The van der Waals surface area contributed by atoms with Gasteiger partial charge in [0.15, 0.2) is 0 Å². The summed E-state index contributed by atoms with van der Waals surface area (Å²) < 4.78 is 18.3. The Morgan fingerprint density at radius 1 is 0.975 bits per heavy atom. The largest absolute Gasteiger partial charge is 0.493 e. The van der Waals surface area contributed by atoms with Crippen molar-refractivity contribution >= 4 is 34.0 Å². The molecule has 3 aromatic carbocycles. The van der Waals surface area contributed by atoms with Crippen molar-refractivity contribution in [3.63, 3.8) is 0 Å². The Hall–Kier alpha value is -3.93. The number of amides is 2. The first-order valence-electron chi connectivity index (χ1n) is 14.0. The Morgan fingerprint density at radius 2 is 1.75 bits per heavy atom. The summed E-state index contributed by atoms with van der Waals surface area (Å²) in [5.41, 5.74) is 0.718. The minimum absolute atomic E-state index is 0.215. The monoisotopic (exact) mass is 537 g/mol. The minimum atomic E-state index is -0.745. The van der Waals surface area contributed by atoms with E-state index in [0.717, 1.165) is 41.7 Å². The minimum Gasteiger partial charge on any atom is -0.493 e. The molecule has 2 bridgehead atoms. The van der Waals surface area contributed by atoms with Crippen LogP contribution in [0.4, 0.5) is 11.4 Å². The lowest BCUT2D eigenvalue weighted by Crippen LogP contribution is -2.43. The lowest BCUT2D eigenvalue weighted by Gasteiger charge is -2.31. The molecule has 4 aliphatic rings. The maximum absolute atomic E-state index is 14.1. The summed E-state index contributed by atoms with van der Waals surface area (Å²) in [5, 5.41) is 11.0. The number of nitrogens with zero attached hydrogens (tertiary/aromatic N) is 3. The van der Waals surface area contributed by atoms with Crippen LogP contribution in [0.2, 0.25) is 0 Å². The van der Waals surface area contributed by atoms with E-state index in [1.54, 1.807) is 12.1 Å². The van der Waals surface area contributed by atoms with Crippen molar-refractivity contribution in [3.05, 3.63) is 66.2 Å². The van der Waals surface area contributed by atoms with Crippen molar-refractivity contribution in [2.24, 2.45) is 11.8 Å². The fourth-order valence-corrected chi connectivity index (χ4v) is 7.36. The molecule has 4 aliphatic heterocycles. The SMILES string of the molecule is CC12CCC(CCOc3cccc(N4CCOCC4)c3)(O1)C1C(=O)N(c3ccc(C#N)c4ccccc34)C(=O)C12. The number of anilines is 2. The van der Waals surface area contributed by atoms with Crippen LogP contribution in [0.1, 0.15) is 31.7 Å². The number of fused-ring (bicyclic) bond motifs is 6. The second kappa shape index (κ2) is 9.33. The van der Waals surface area contributed by atoms with Crippen molar-refractivity contribution in [2.75, 3.05) is 42.7 Å². The van der Waals surface area contributed by atoms with E-state index in [1.165, 1.54) is 4.90 Å². The molecule has 204 valence electrons. The normalized spacial score (nSPS) is 29.2. The third-order valence-electron chi connectivity index (χ3n) is 9.26. The fourth-order valence-electron chi connectivity index (χ4n) is 7.36. The molecule has 0 spiro atoms. The van der Waals surface area contributed by atoms with E-state index >= 15 is 0 Å². The third-order valence-corrected chi connectivity index (χ3v) is 9.26. The third kappa shape index (κ3) is 3.72. The van der Waals surface area contributed by atoms with E-state index < -0.39 is 23.0 Å². The van der Waals surface area contributed by atoms with Crippen molar-refractivity contribution in [1.29, 1.82) is 5.26 Å². The number of ether oxygens (including phenoxy) is 3. The van der Waals surface area contributed by atoms with Crippen LogP contribution in [0, 0.1) is 23.2 Å². The molecule has 4 atom stereocenters. The molecule has 7 rings (SSSR count). The molecule has 8 nitrogen and oxygen atoms in total. The van der Waals surface area contributed by atoms with Gasteiger partial charge in [-0.25, -0.2) is 4.90 Å². The van der Waals surface area contributed by atoms with Crippen LogP contribution < -0.4 is 14.5 Å². The quantitative estimate of drug-likeness (QED) is 0.429. The van der Waals surface area contributed by atoms with Gasteiger partial charge in [0, 0.05) is 42.0 Å². The summed E-state index contributed by atoms with van der Waals surface area (Å²) in [5.74, 6) is -0.755. The maximum Gasteiger partial charge on any atom is 0.240 e. The Balaban J connectivity index is 1.14. The van der Waals surface area contributed by atoms with Gasteiger partial charge in [-0.15, -0.1) is 0 Å². The lowest BCUT2D eigenvalue weighted by atomic mass is 9.67. The molecule has 4 fully saturated rings. The highest BCUT2D eigenvalue weighted by molar-refractivity contribution is 6.26. The summed E-state index contributed by atoms with van der Waals surface area (Å²) in [6.45, 7) is 5.49. The van der Waals surface area contributed by atoms with Crippen LogP contribution in [0.25, 0.3) is 10.8 Å². The summed E-state index contributed by atoms with van der Waals surface area (Å²) in [6, 6.07) is 21.1. The van der Waals surface area contributed by atoms with Gasteiger partial charge in [-0.1, -0.05) is 30.3 Å². The van der Waals surface area contributed by atoms with Gasteiger partial charge in [0.05, 0.1) is 60.2 Å². The van der Waals surface area contributed by atoms with Crippen LogP contribution in [0.3, 0.4) is 0 Å². The number of hydrogen-bond donors (Lipinski definition) is 0. The van der Waals surface area contributed by atoms with Gasteiger partial charge in [-0.3, -0.25) is 9.59 Å². The zero-order valence-electron chi connectivity index (χ0n) is 22.5. The summed E-state index contributed by atoms with van der Waals surface area (Å²) in [4.78, 5) is 31.7. The van der Waals surface area contributed by atoms with Crippen molar-refractivity contribution in [1.82, 2.24) is 0 Å². The topological polar surface area (TPSA) is 92.1 Å². The molecule has 0 aromatic heterocycles. The number of nitriles is 1. The number of rotatable bonds is 6. The summed E-state index contributed by atoms with van der Waals surface area (Å²) in [6.07, 6.45) is 1.96. The van der Waals surface area contributed by atoms with Gasteiger partial charge in [0.2, 0.25) is 11.8 Å². The zero-order valence-corrected chi connectivity index (χ0v) is 22.5. The molecule has 40 heavy (non-hydrogen) atoms. The second-order valence-electron chi connectivity index (χ2n) is 11.4. The van der Waals surface area contributed by atoms with Gasteiger partial charge < -0.3 is 19.1 Å². The summed E-state index contributed by atoms with van der Waals surface area (Å²) >= 11 is 0. The number of morpholine rings is 1. The second-order valence-corrected chi connectivity index (χ2v) is 11.4. The van der Waals surface area contributed by atoms with Crippen LogP contribution >= 0.6 is 0 Å². The molecule has 0 N–H and O–H groups in total. The highest BCUT2D eigenvalue weighted by Gasteiger charge is 2.73. The van der Waals surface area contributed by atoms with Crippen molar-refractivity contribution in [3.8, 4) is 11.8 Å². The summed E-state index contributed by atoms with van der Waals surface area (Å²) in [7, 11) is 0. The number of carbonyl (C=O) groups is 2. The molecule has 0 saturated carbocycles. The molecule has 4 saturated heterocycles. The van der Waals surface area contributed by atoms with Gasteiger partial charge >= 0.3 is 0 Å². The Bertz CT molecular complexity index is 1560. The number of carbonyl (C=O) groups excluding carboxylic acids is 2. The smallest absolute Gasteiger partial charge is 0.240 e. The highest BCUT2D eigenvalue weighted by Crippen LogP contribution is 2.62. The van der Waals surface area contributed by atoms with Gasteiger partial charge in [0.25, 0.3) is 0 Å². The van der Waals surface area contributed by atoms with Crippen molar-refractivity contribution < 1.29 is 23.8 Å². The van der Waals surface area contributed by atoms with E-state index in [1.807, 2.05) is 49.4 Å². The highest BCUT2D eigenvalue weighted by atomic mass is 16.5. The Kier molecular flexibility index (Phi) is 5.84. The Morgan fingerprint density at radius 3 is 2.55 bits per heavy atom. The average molecular weight is 538 g/mol. The molecule has 3 aromatic rings. The van der Waals surface area contributed by atoms with E-state index in [0.29, 0.717) is 43.9 Å². The molecular weight excluding hydrogens is 506 g/mol. The van der Waals surface area contributed by atoms with E-state index in [2.05, 4.69) is 17.0 Å². The molecule has 8 heteroatoms. The fraction of sp³-hybridized carbons (Fsp3) is 0.406. The maximum atomic E-state index is 14.1. The first-order chi connectivity index (χ1) is 19.4. The lowest BCUT2D eigenvalue weighted by molar-refractivity contribution is -0.131. The number of benzene rings is 3. The molecule has 0 radical (unpaired) electrons. The molecular formula is C32H31N3O5. The Labute approximate surface area is 233 Å².